The van der Waals surface area contributed by atoms with Gasteiger partial charge in [-0.2, -0.15) is 0 Å². The summed E-state index contributed by atoms with van der Waals surface area (Å²) in [7, 11) is -4.09. The van der Waals surface area contributed by atoms with E-state index < -0.39 is 21.7 Å². The van der Waals surface area contributed by atoms with Crippen LogP contribution in [0.5, 0.6) is 0 Å². The van der Waals surface area contributed by atoms with Crippen LogP contribution in [-0.4, -0.2) is 26.8 Å². The molecule has 33 heavy (non-hydrogen) atoms. The van der Waals surface area contributed by atoms with Crippen LogP contribution >= 0.6 is 11.6 Å². The fourth-order valence-electron chi connectivity index (χ4n) is 2.93. The summed E-state index contributed by atoms with van der Waals surface area (Å²) in [5.74, 6) is -1.47. The van der Waals surface area contributed by atoms with Crippen LogP contribution in [0.25, 0.3) is 0 Å². The first kappa shape index (κ1) is 24.2. The molecule has 3 aromatic carbocycles. The van der Waals surface area contributed by atoms with Gasteiger partial charge >= 0.3 is 0 Å². The third-order valence-corrected chi connectivity index (χ3v) is 6.38. The number of carbonyl (C=O) groups is 2. The molecule has 0 unspecified atom stereocenters. The van der Waals surface area contributed by atoms with Crippen molar-refractivity contribution in [1.82, 2.24) is 5.32 Å². The van der Waals surface area contributed by atoms with E-state index in [1.807, 2.05) is 0 Å². The first-order valence-corrected chi connectivity index (χ1v) is 11.7. The molecule has 172 valence electrons. The molecule has 3 rings (SSSR count). The molecule has 0 bridgehead atoms. The van der Waals surface area contributed by atoms with Crippen molar-refractivity contribution in [1.29, 1.82) is 0 Å². The fourth-order valence-corrected chi connectivity index (χ4v) is 4.39. The Bertz CT molecular complexity index is 1280. The van der Waals surface area contributed by atoms with Gasteiger partial charge in [0, 0.05) is 29.2 Å². The van der Waals surface area contributed by atoms with E-state index in [9.17, 15) is 22.4 Å². The number of para-hydroxylation sites is 1. The summed E-state index contributed by atoms with van der Waals surface area (Å²) < 4.78 is 41.6. The highest BCUT2D eigenvalue weighted by Gasteiger charge is 2.19. The SMILES string of the molecule is Cc1ccc(NC(=O)CCNC(=O)c2ccc(Cl)cc2)cc1S(=O)(=O)Nc1ccccc1F. The number of anilines is 2. The number of sulfonamides is 1. The van der Waals surface area contributed by atoms with E-state index in [0.717, 1.165) is 6.07 Å². The number of halogens is 2. The van der Waals surface area contributed by atoms with Gasteiger partial charge in [-0.15, -0.1) is 0 Å². The molecule has 7 nitrogen and oxygen atoms in total. The van der Waals surface area contributed by atoms with Crippen LogP contribution in [0.4, 0.5) is 15.8 Å². The molecule has 0 heterocycles. The molecular weight excluding hydrogens is 469 g/mol. The van der Waals surface area contributed by atoms with Crippen LogP contribution in [-0.2, 0) is 14.8 Å². The molecule has 0 saturated heterocycles. The van der Waals surface area contributed by atoms with E-state index in [2.05, 4.69) is 15.4 Å². The quantitative estimate of drug-likeness (QED) is 0.437. The molecule has 0 aliphatic heterocycles. The van der Waals surface area contributed by atoms with Crippen LogP contribution in [0.2, 0.25) is 5.02 Å². The lowest BCUT2D eigenvalue weighted by atomic mass is 10.2. The van der Waals surface area contributed by atoms with Gasteiger partial charge in [0.25, 0.3) is 15.9 Å². The Morgan fingerprint density at radius 3 is 2.39 bits per heavy atom. The molecule has 0 saturated carbocycles. The maximum absolute atomic E-state index is 13.9. The van der Waals surface area contributed by atoms with E-state index >= 15 is 0 Å². The summed E-state index contributed by atoms with van der Waals surface area (Å²) in [5.41, 5.74) is 0.911. The van der Waals surface area contributed by atoms with Gasteiger partial charge in [-0.1, -0.05) is 29.8 Å². The summed E-state index contributed by atoms with van der Waals surface area (Å²) in [6.07, 6.45) is -0.0250. The highest BCUT2D eigenvalue weighted by molar-refractivity contribution is 7.92. The van der Waals surface area contributed by atoms with E-state index in [1.54, 1.807) is 37.3 Å². The van der Waals surface area contributed by atoms with Gasteiger partial charge in [0.2, 0.25) is 5.91 Å². The van der Waals surface area contributed by atoms with Crippen LogP contribution in [0.1, 0.15) is 22.3 Å². The van der Waals surface area contributed by atoms with Crippen LogP contribution in [0.3, 0.4) is 0 Å². The number of hydrogen-bond acceptors (Lipinski definition) is 4. The summed E-state index contributed by atoms with van der Waals surface area (Å²) in [6.45, 7) is 1.67. The minimum Gasteiger partial charge on any atom is -0.352 e. The van der Waals surface area contributed by atoms with Crippen LogP contribution in [0, 0.1) is 12.7 Å². The van der Waals surface area contributed by atoms with Gasteiger partial charge in [0.1, 0.15) is 5.82 Å². The first-order chi connectivity index (χ1) is 15.7. The minimum absolute atomic E-state index is 0.0250. The molecule has 2 amide bonds. The second-order valence-electron chi connectivity index (χ2n) is 7.13. The highest BCUT2D eigenvalue weighted by Crippen LogP contribution is 2.24. The first-order valence-electron chi connectivity index (χ1n) is 9.87. The number of aryl methyl sites for hydroxylation is 1. The third kappa shape index (κ3) is 6.53. The zero-order valence-electron chi connectivity index (χ0n) is 17.6. The van der Waals surface area contributed by atoms with Crippen LogP contribution < -0.4 is 15.4 Å². The van der Waals surface area contributed by atoms with Gasteiger partial charge in [0.05, 0.1) is 10.6 Å². The third-order valence-electron chi connectivity index (χ3n) is 4.62. The maximum atomic E-state index is 13.9. The molecule has 0 spiro atoms. The van der Waals surface area contributed by atoms with Crippen molar-refractivity contribution in [3.8, 4) is 0 Å². The van der Waals surface area contributed by atoms with Crippen LogP contribution in [0.15, 0.2) is 71.6 Å². The van der Waals surface area contributed by atoms with E-state index in [1.165, 1.54) is 30.3 Å². The number of benzene rings is 3. The molecule has 0 aliphatic rings. The summed E-state index contributed by atoms with van der Waals surface area (Å²) >= 11 is 5.79. The molecule has 10 heteroatoms. The van der Waals surface area contributed by atoms with Crippen molar-refractivity contribution in [2.45, 2.75) is 18.2 Å². The van der Waals surface area contributed by atoms with Gasteiger partial charge in [-0.25, -0.2) is 12.8 Å². The summed E-state index contributed by atoms with van der Waals surface area (Å²) in [6, 6.07) is 16.1. The fraction of sp³-hybridized carbons (Fsp3) is 0.130. The largest absolute Gasteiger partial charge is 0.352 e. The van der Waals surface area contributed by atoms with Crippen molar-refractivity contribution < 1.29 is 22.4 Å². The predicted molar refractivity (Wildman–Crippen MR) is 125 cm³/mol. The molecule has 0 aromatic heterocycles. The summed E-state index contributed by atoms with van der Waals surface area (Å²) in [5, 5.41) is 5.74. The molecular formula is C23H21ClFN3O4S. The average Bonchev–Trinajstić information content (AvgIpc) is 2.77. The number of nitrogens with one attached hydrogen (secondary N) is 3. The average molecular weight is 490 g/mol. The topological polar surface area (TPSA) is 104 Å². The second kappa shape index (κ2) is 10.5. The monoisotopic (exact) mass is 489 g/mol. The molecule has 3 aromatic rings. The Balaban J connectivity index is 1.61. The number of amides is 2. The predicted octanol–water partition coefficient (Wildman–Crippen LogP) is 4.35. The zero-order valence-corrected chi connectivity index (χ0v) is 19.1. The number of hydrogen-bond donors (Lipinski definition) is 3. The Labute approximate surface area is 196 Å². The van der Waals surface area contributed by atoms with Crippen molar-refractivity contribution in [3.63, 3.8) is 0 Å². The van der Waals surface area contributed by atoms with E-state index in [-0.39, 0.29) is 35.1 Å². The Morgan fingerprint density at radius 2 is 1.70 bits per heavy atom. The molecule has 0 radical (unpaired) electrons. The zero-order chi connectivity index (χ0) is 24.0. The normalized spacial score (nSPS) is 11.0. The second-order valence-corrected chi connectivity index (χ2v) is 9.21. The van der Waals surface area contributed by atoms with Gasteiger partial charge in [0.15, 0.2) is 0 Å². The maximum Gasteiger partial charge on any atom is 0.262 e. The lowest BCUT2D eigenvalue weighted by Gasteiger charge is -2.13. The molecule has 0 fully saturated rings. The molecule has 0 atom stereocenters. The molecule has 3 N–H and O–H groups in total. The highest BCUT2D eigenvalue weighted by atomic mass is 35.5. The summed E-state index contributed by atoms with van der Waals surface area (Å²) in [4.78, 5) is 24.2. The van der Waals surface area contributed by atoms with E-state index in [0.29, 0.717) is 16.1 Å². The van der Waals surface area contributed by atoms with Gasteiger partial charge in [-0.05, 0) is 61.0 Å². The van der Waals surface area contributed by atoms with Crippen molar-refractivity contribution in [2.24, 2.45) is 0 Å². The van der Waals surface area contributed by atoms with Crippen molar-refractivity contribution in [2.75, 3.05) is 16.6 Å². The minimum atomic E-state index is -4.09. The lowest BCUT2D eigenvalue weighted by molar-refractivity contribution is -0.116. The van der Waals surface area contributed by atoms with Crippen molar-refractivity contribution in [3.05, 3.63) is 88.7 Å². The van der Waals surface area contributed by atoms with Gasteiger partial charge < -0.3 is 10.6 Å². The Morgan fingerprint density at radius 1 is 1.00 bits per heavy atom. The Hall–Kier alpha value is -3.43. The smallest absolute Gasteiger partial charge is 0.262 e. The standard InChI is InChI=1S/C23H21ClFN3O4S/c1-15-6-11-18(14-21(15)33(31,32)28-20-5-3-2-4-19(20)25)27-22(29)12-13-26-23(30)16-7-9-17(24)10-8-16/h2-11,14,28H,12-13H2,1H3,(H,26,30)(H,27,29). The van der Waals surface area contributed by atoms with Gasteiger partial charge in [-0.3, -0.25) is 14.3 Å². The van der Waals surface area contributed by atoms with Crippen molar-refractivity contribution >= 4 is 44.8 Å². The number of rotatable bonds is 8. The lowest BCUT2D eigenvalue weighted by Crippen LogP contribution is -2.27. The number of carbonyl (C=O) groups excluding carboxylic acids is 2. The Kier molecular flexibility index (Phi) is 7.67. The van der Waals surface area contributed by atoms with E-state index in [4.69, 9.17) is 11.6 Å². The molecule has 0 aliphatic carbocycles.